The summed E-state index contributed by atoms with van der Waals surface area (Å²) in [6.07, 6.45) is -0.0389. The number of anilines is 1. The van der Waals surface area contributed by atoms with Gasteiger partial charge in [0.05, 0.1) is 27.8 Å². The number of esters is 1. The molecule has 0 saturated heterocycles. The van der Waals surface area contributed by atoms with Gasteiger partial charge in [0.1, 0.15) is 12.2 Å². The van der Waals surface area contributed by atoms with E-state index in [0.29, 0.717) is 39.4 Å². The number of amides is 1. The van der Waals surface area contributed by atoms with Crippen LogP contribution in [0.25, 0.3) is 11.0 Å². The number of rotatable bonds is 8. The van der Waals surface area contributed by atoms with Crippen LogP contribution in [-0.4, -0.2) is 33.2 Å². The first-order valence-corrected chi connectivity index (χ1v) is 9.63. The van der Waals surface area contributed by atoms with Gasteiger partial charge in [0, 0.05) is 35.7 Å². The van der Waals surface area contributed by atoms with Gasteiger partial charge in [-0.3, -0.25) is 9.59 Å². The molecule has 168 valence electrons. The van der Waals surface area contributed by atoms with Gasteiger partial charge in [-0.2, -0.15) is 0 Å². The SMILES string of the molecule is COc1cc(CC(=O)OCc2cc(=O)oc3cc(NC(C)=O)ccc23)cc(OC)c1OC. The first kappa shape index (κ1) is 22.7. The van der Waals surface area contributed by atoms with Gasteiger partial charge in [-0.05, 0) is 29.8 Å². The Bertz CT molecular complexity index is 1190. The Morgan fingerprint density at radius 1 is 0.969 bits per heavy atom. The molecule has 0 fully saturated rings. The van der Waals surface area contributed by atoms with E-state index in [1.165, 1.54) is 34.3 Å². The minimum Gasteiger partial charge on any atom is -0.493 e. The molecule has 0 atom stereocenters. The van der Waals surface area contributed by atoms with E-state index in [-0.39, 0.29) is 24.5 Å². The van der Waals surface area contributed by atoms with Crippen molar-refractivity contribution >= 4 is 28.5 Å². The van der Waals surface area contributed by atoms with Crippen LogP contribution in [0.5, 0.6) is 17.2 Å². The van der Waals surface area contributed by atoms with Crippen LogP contribution in [0.4, 0.5) is 5.69 Å². The Labute approximate surface area is 183 Å². The molecule has 32 heavy (non-hydrogen) atoms. The van der Waals surface area contributed by atoms with Gasteiger partial charge >= 0.3 is 11.6 Å². The fourth-order valence-electron chi connectivity index (χ4n) is 3.24. The van der Waals surface area contributed by atoms with E-state index in [1.54, 1.807) is 30.3 Å². The number of nitrogens with one attached hydrogen (secondary N) is 1. The zero-order chi connectivity index (χ0) is 23.3. The maximum atomic E-state index is 12.5. The number of ether oxygens (including phenoxy) is 4. The molecule has 1 aromatic heterocycles. The summed E-state index contributed by atoms with van der Waals surface area (Å²) >= 11 is 0. The molecule has 0 aliphatic rings. The molecule has 9 heteroatoms. The van der Waals surface area contributed by atoms with E-state index in [0.717, 1.165) is 0 Å². The number of carbonyl (C=O) groups is 2. The minimum atomic E-state index is -0.590. The zero-order valence-corrected chi connectivity index (χ0v) is 18.1. The first-order chi connectivity index (χ1) is 15.3. The quantitative estimate of drug-likeness (QED) is 0.419. The molecule has 1 N–H and O–H groups in total. The Hall–Kier alpha value is -4.01. The van der Waals surface area contributed by atoms with Gasteiger partial charge in [0.2, 0.25) is 11.7 Å². The van der Waals surface area contributed by atoms with Crippen molar-refractivity contribution in [2.24, 2.45) is 0 Å². The van der Waals surface area contributed by atoms with Gasteiger partial charge in [-0.1, -0.05) is 0 Å². The van der Waals surface area contributed by atoms with Crippen LogP contribution >= 0.6 is 0 Å². The molecular formula is C23H23NO8. The normalized spacial score (nSPS) is 10.5. The number of methoxy groups -OCH3 is 3. The second-order valence-electron chi connectivity index (χ2n) is 6.85. The van der Waals surface area contributed by atoms with Crippen molar-refractivity contribution in [1.82, 2.24) is 0 Å². The highest BCUT2D eigenvalue weighted by atomic mass is 16.5. The molecular weight excluding hydrogens is 418 g/mol. The number of hydrogen-bond acceptors (Lipinski definition) is 8. The summed E-state index contributed by atoms with van der Waals surface area (Å²) in [5, 5.41) is 3.22. The summed E-state index contributed by atoms with van der Waals surface area (Å²) in [6.45, 7) is 1.26. The van der Waals surface area contributed by atoms with Crippen molar-refractivity contribution in [3.63, 3.8) is 0 Å². The van der Waals surface area contributed by atoms with Crippen LogP contribution < -0.4 is 25.2 Å². The Kier molecular flexibility index (Phi) is 6.99. The molecule has 1 heterocycles. The topological polar surface area (TPSA) is 113 Å². The van der Waals surface area contributed by atoms with Gasteiger partial charge in [0.15, 0.2) is 11.5 Å². The molecule has 1 amide bonds. The predicted octanol–water partition coefficient (Wildman–Crippen LogP) is 3.06. The number of carbonyl (C=O) groups excluding carboxylic acids is 2. The number of benzene rings is 2. The highest BCUT2D eigenvalue weighted by Gasteiger charge is 2.16. The van der Waals surface area contributed by atoms with E-state index in [2.05, 4.69) is 5.32 Å². The van der Waals surface area contributed by atoms with Crippen molar-refractivity contribution in [3.05, 3.63) is 57.9 Å². The smallest absolute Gasteiger partial charge is 0.336 e. The molecule has 0 aliphatic heterocycles. The van der Waals surface area contributed by atoms with E-state index in [4.69, 9.17) is 23.4 Å². The average Bonchev–Trinajstić information content (AvgIpc) is 2.75. The fraction of sp³-hybridized carbons (Fsp3) is 0.261. The third-order valence-electron chi connectivity index (χ3n) is 4.61. The molecule has 9 nitrogen and oxygen atoms in total. The summed E-state index contributed by atoms with van der Waals surface area (Å²) < 4.78 is 26.5. The highest BCUT2D eigenvalue weighted by molar-refractivity contribution is 5.92. The van der Waals surface area contributed by atoms with E-state index >= 15 is 0 Å². The molecule has 0 saturated carbocycles. The third-order valence-corrected chi connectivity index (χ3v) is 4.61. The lowest BCUT2D eigenvalue weighted by molar-refractivity contribution is -0.144. The molecule has 2 aromatic carbocycles. The summed E-state index contributed by atoms with van der Waals surface area (Å²) in [6, 6.07) is 9.50. The van der Waals surface area contributed by atoms with Crippen molar-refractivity contribution in [2.75, 3.05) is 26.6 Å². The van der Waals surface area contributed by atoms with Gasteiger partial charge in [0.25, 0.3) is 0 Å². The predicted molar refractivity (Wildman–Crippen MR) is 116 cm³/mol. The molecule has 3 aromatic rings. The van der Waals surface area contributed by atoms with E-state index in [1.807, 2.05) is 0 Å². The monoisotopic (exact) mass is 441 g/mol. The Morgan fingerprint density at radius 2 is 1.66 bits per heavy atom. The molecule has 0 bridgehead atoms. The van der Waals surface area contributed by atoms with E-state index < -0.39 is 11.6 Å². The zero-order valence-electron chi connectivity index (χ0n) is 18.1. The second-order valence-corrected chi connectivity index (χ2v) is 6.85. The lowest BCUT2D eigenvalue weighted by Gasteiger charge is -2.14. The Morgan fingerprint density at radius 3 is 2.25 bits per heavy atom. The molecule has 0 unspecified atom stereocenters. The molecule has 0 aliphatic carbocycles. The summed E-state index contributed by atoms with van der Waals surface area (Å²) in [5.41, 5.74) is 1.28. The van der Waals surface area contributed by atoms with Crippen LogP contribution in [0, 0.1) is 0 Å². The number of hydrogen-bond donors (Lipinski definition) is 1. The lowest BCUT2D eigenvalue weighted by atomic mass is 10.1. The first-order valence-electron chi connectivity index (χ1n) is 9.63. The van der Waals surface area contributed by atoms with Gasteiger partial charge in [-0.25, -0.2) is 4.79 Å². The second kappa shape index (κ2) is 9.86. The van der Waals surface area contributed by atoms with E-state index in [9.17, 15) is 14.4 Å². The van der Waals surface area contributed by atoms with Crippen LogP contribution in [0.3, 0.4) is 0 Å². The molecule has 3 rings (SSSR count). The lowest BCUT2D eigenvalue weighted by Crippen LogP contribution is -2.10. The Balaban J connectivity index is 1.77. The summed E-state index contributed by atoms with van der Waals surface area (Å²) in [7, 11) is 4.47. The summed E-state index contributed by atoms with van der Waals surface area (Å²) in [5.74, 6) is 0.528. The summed E-state index contributed by atoms with van der Waals surface area (Å²) in [4.78, 5) is 35.6. The highest BCUT2D eigenvalue weighted by Crippen LogP contribution is 2.38. The van der Waals surface area contributed by atoms with Crippen molar-refractivity contribution < 1.29 is 33.0 Å². The minimum absolute atomic E-state index is 0.0389. The van der Waals surface area contributed by atoms with Crippen molar-refractivity contribution in [3.8, 4) is 17.2 Å². The van der Waals surface area contributed by atoms with Crippen LogP contribution in [0.15, 0.2) is 45.6 Å². The standard InChI is InChI=1S/C23H23NO8/c1-13(25)24-16-5-6-17-15(10-22(27)32-18(17)11-16)12-31-21(26)9-14-7-19(28-2)23(30-4)20(8-14)29-3/h5-8,10-11H,9,12H2,1-4H3,(H,24,25). The van der Waals surface area contributed by atoms with Crippen LogP contribution in [-0.2, 0) is 27.4 Å². The average molecular weight is 441 g/mol. The van der Waals surface area contributed by atoms with Gasteiger partial charge in [-0.15, -0.1) is 0 Å². The van der Waals surface area contributed by atoms with Crippen molar-refractivity contribution in [2.45, 2.75) is 20.0 Å². The van der Waals surface area contributed by atoms with Crippen molar-refractivity contribution in [1.29, 1.82) is 0 Å². The third kappa shape index (κ3) is 5.18. The fourth-order valence-corrected chi connectivity index (χ4v) is 3.24. The maximum absolute atomic E-state index is 12.5. The molecule has 0 spiro atoms. The maximum Gasteiger partial charge on any atom is 0.336 e. The van der Waals surface area contributed by atoms with Gasteiger partial charge < -0.3 is 28.7 Å². The van der Waals surface area contributed by atoms with Crippen LogP contribution in [0.2, 0.25) is 0 Å². The number of fused-ring (bicyclic) bond motifs is 1. The molecule has 0 radical (unpaired) electrons. The van der Waals surface area contributed by atoms with Crippen LogP contribution in [0.1, 0.15) is 18.1 Å². The largest absolute Gasteiger partial charge is 0.493 e.